The molecule has 3 amide bonds. The third-order valence-electron chi connectivity index (χ3n) is 6.90. The molecule has 9 nitrogen and oxygen atoms in total. The number of likely N-dealkylation sites (N-methyl/N-ethyl adjacent to an activating group) is 1. The first kappa shape index (κ1) is 32.6. The molecule has 0 saturated carbocycles. The van der Waals surface area contributed by atoms with Crippen molar-refractivity contribution in [1.82, 2.24) is 15.5 Å². The van der Waals surface area contributed by atoms with Crippen molar-refractivity contribution in [1.29, 1.82) is 0 Å². The Labute approximate surface area is 245 Å². The number of cyclic esters (lactones) is 1. The zero-order valence-corrected chi connectivity index (χ0v) is 26.1. The van der Waals surface area contributed by atoms with Gasteiger partial charge in [-0.25, -0.2) is 4.79 Å². The summed E-state index contributed by atoms with van der Waals surface area (Å²) < 4.78 is 6.34. The van der Waals surface area contributed by atoms with Gasteiger partial charge < -0.3 is 25.4 Å². The number of carbonyl (C=O) groups excluding carboxylic acids is 4. The lowest BCUT2D eigenvalue weighted by atomic mass is 9.95. The molecule has 216 valence electrons. The maximum Gasteiger partial charge on any atom is 0.329 e. The van der Waals surface area contributed by atoms with Gasteiger partial charge >= 0.3 is 5.97 Å². The van der Waals surface area contributed by atoms with Crippen LogP contribution in [0.4, 0.5) is 0 Å². The first-order chi connectivity index (χ1) is 18.2. The lowest BCUT2D eigenvalue weighted by Crippen LogP contribution is -2.56. The molecule has 0 saturated heterocycles. The van der Waals surface area contributed by atoms with Gasteiger partial charge in [-0.2, -0.15) is 0 Å². The van der Waals surface area contributed by atoms with Gasteiger partial charge in [-0.3, -0.25) is 14.4 Å². The number of ether oxygens (including phenoxy) is 1. The molecule has 2 rings (SSSR count). The monoisotopic (exact) mass is 655 g/mol. The largest absolute Gasteiger partial charge is 0.507 e. The van der Waals surface area contributed by atoms with E-state index in [9.17, 15) is 24.3 Å². The average molecular weight is 656 g/mol. The second kappa shape index (κ2) is 14.7. The Kier molecular flexibility index (Phi) is 12.3. The van der Waals surface area contributed by atoms with E-state index in [2.05, 4.69) is 16.7 Å². The quantitative estimate of drug-likeness (QED) is 0.260. The number of esters is 1. The first-order valence-electron chi connectivity index (χ1n) is 13.4. The van der Waals surface area contributed by atoms with Crippen LogP contribution in [0.2, 0.25) is 0 Å². The standard InChI is InChI=1S/C29H42IN3O6/c1-16(2)26-29(38)39-20(6)12-18(4)10-17(3)11-19(5)27(36)31-15-25(35)33(7)23(28(37)32-26)14-21-8-9-24(34)22(30)13-21/h8-10,13,16,18-20,23,26,34H,11-12,14-15H2,1-7H3,(H,31,36)(H,32,37)/b17-10+/t18-,19-,20-,23-,26-/m0/s1. The van der Waals surface area contributed by atoms with Crippen LogP contribution < -0.4 is 10.6 Å². The molecule has 0 aromatic heterocycles. The van der Waals surface area contributed by atoms with Crippen LogP contribution in [0.3, 0.4) is 0 Å². The Bertz CT molecular complexity index is 1090. The molecule has 1 heterocycles. The van der Waals surface area contributed by atoms with Crippen molar-refractivity contribution in [2.75, 3.05) is 13.6 Å². The maximum absolute atomic E-state index is 13.6. The summed E-state index contributed by atoms with van der Waals surface area (Å²) in [7, 11) is 1.50. The second-order valence-corrected chi connectivity index (χ2v) is 12.2. The average Bonchev–Trinajstić information content (AvgIpc) is 2.84. The molecule has 0 bridgehead atoms. The summed E-state index contributed by atoms with van der Waals surface area (Å²) in [6.07, 6.45) is 2.98. The molecular formula is C29H42IN3O6. The van der Waals surface area contributed by atoms with Crippen LogP contribution in [0, 0.1) is 21.3 Å². The number of benzene rings is 1. The summed E-state index contributed by atoms with van der Waals surface area (Å²) in [5.74, 6) is -2.08. The summed E-state index contributed by atoms with van der Waals surface area (Å²) in [5, 5.41) is 15.4. The van der Waals surface area contributed by atoms with Gasteiger partial charge in [0.1, 0.15) is 17.8 Å². The number of phenolic OH excluding ortho intramolecular Hbond substituents is 1. The van der Waals surface area contributed by atoms with E-state index in [0.29, 0.717) is 16.4 Å². The number of nitrogens with one attached hydrogen (secondary N) is 2. The Hall–Kier alpha value is -2.63. The predicted octanol–water partition coefficient (Wildman–Crippen LogP) is 3.57. The van der Waals surface area contributed by atoms with E-state index in [1.54, 1.807) is 12.1 Å². The summed E-state index contributed by atoms with van der Waals surface area (Å²) >= 11 is 1.99. The summed E-state index contributed by atoms with van der Waals surface area (Å²) in [5.41, 5.74) is 1.77. The number of allylic oxidation sites excluding steroid dienone is 2. The molecule has 39 heavy (non-hydrogen) atoms. The lowest BCUT2D eigenvalue weighted by Gasteiger charge is -2.31. The molecule has 5 atom stereocenters. The molecule has 0 unspecified atom stereocenters. The Morgan fingerprint density at radius 3 is 2.41 bits per heavy atom. The highest BCUT2D eigenvalue weighted by atomic mass is 127. The minimum atomic E-state index is -0.970. The normalized spacial score (nSPS) is 28.1. The van der Waals surface area contributed by atoms with Gasteiger partial charge in [0.15, 0.2) is 0 Å². The van der Waals surface area contributed by atoms with Gasteiger partial charge in [0.2, 0.25) is 17.7 Å². The zero-order valence-electron chi connectivity index (χ0n) is 23.9. The van der Waals surface area contributed by atoms with E-state index < -0.39 is 29.9 Å². The minimum absolute atomic E-state index is 0.113. The Morgan fingerprint density at radius 1 is 1.13 bits per heavy atom. The van der Waals surface area contributed by atoms with E-state index in [1.165, 1.54) is 18.0 Å². The molecule has 0 spiro atoms. The number of carbonyl (C=O) groups is 4. The fourth-order valence-electron chi connectivity index (χ4n) is 4.73. The number of hydrogen-bond donors (Lipinski definition) is 3. The summed E-state index contributed by atoms with van der Waals surface area (Å²) in [6, 6.07) is 3.08. The van der Waals surface area contributed by atoms with Gasteiger partial charge in [-0.05, 0) is 78.8 Å². The van der Waals surface area contributed by atoms with Gasteiger partial charge in [-0.15, -0.1) is 0 Å². The van der Waals surface area contributed by atoms with Crippen molar-refractivity contribution in [2.45, 2.75) is 79.0 Å². The number of halogens is 1. The van der Waals surface area contributed by atoms with Crippen LogP contribution in [0.25, 0.3) is 0 Å². The maximum atomic E-state index is 13.6. The molecule has 1 aromatic rings. The third kappa shape index (κ3) is 9.81. The number of amides is 3. The van der Waals surface area contributed by atoms with Gasteiger partial charge in [0.05, 0.1) is 16.2 Å². The Balaban J connectivity index is 2.43. The zero-order chi connectivity index (χ0) is 29.4. The van der Waals surface area contributed by atoms with E-state index >= 15 is 0 Å². The summed E-state index contributed by atoms with van der Waals surface area (Å²) in [6.45, 7) is 11.0. The number of aromatic hydroxyl groups is 1. The first-order valence-corrected chi connectivity index (χ1v) is 14.5. The highest BCUT2D eigenvalue weighted by Crippen LogP contribution is 2.22. The number of phenols is 1. The molecule has 3 N–H and O–H groups in total. The van der Waals surface area contributed by atoms with Crippen molar-refractivity contribution in [3.63, 3.8) is 0 Å². The number of rotatable bonds is 3. The van der Waals surface area contributed by atoms with Crippen molar-refractivity contribution >= 4 is 46.3 Å². The van der Waals surface area contributed by atoms with Crippen LogP contribution in [0.1, 0.15) is 59.9 Å². The third-order valence-corrected chi connectivity index (χ3v) is 7.77. The number of nitrogens with zero attached hydrogens (tertiary/aromatic N) is 1. The predicted molar refractivity (Wildman–Crippen MR) is 158 cm³/mol. The van der Waals surface area contributed by atoms with Crippen molar-refractivity contribution in [3.8, 4) is 5.75 Å². The van der Waals surface area contributed by atoms with Gasteiger partial charge in [0.25, 0.3) is 0 Å². The van der Waals surface area contributed by atoms with Crippen molar-refractivity contribution in [3.05, 3.63) is 39.0 Å². The lowest BCUT2D eigenvalue weighted by molar-refractivity contribution is -0.154. The van der Waals surface area contributed by atoms with Gasteiger partial charge in [-0.1, -0.05) is 45.4 Å². The van der Waals surface area contributed by atoms with E-state index in [-0.39, 0.29) is 48.5 Å². The van der Waals surface area contributed by atoms with Crippen LogP contribution in [-0.4, -0.2) is 65.5 Å². The smallest absolute Gasteiger partial charge is 0.329 e. The van der Waals surface area contributed by atoms with Crippen LogP contribution in [0.15, 0.2) is 29.8 Å². The highest BCUT2D eigenvalue weighted by molar-refractivity contribution is 14.1. The highest BCUT2D eigenvalue weighted by Gasteiger charge is 2.33. The minimum Gasteiger partial charge on any atom is -0.507 e. The van der Waals surface area contributed by atoms with E-state index in [0.717, 1.165) is 11.1 Å². The van der Waals surface area contributed by atoms with Crippen LogP contribution in [0.5, 0.6) is 5.75 Å². The molecule has 1 aliphatic rings. The fourth-order valence-corrected chi connectivity index (χ4v) is 5.31. The van der Waals surface area contributed by atoms with Gasteiger partial charge in [0, 0.05) is 19.4 Å². The number of hydrogen-bond acceptors (Lipinski definition) is 6. The van der Waals surface area contributed by atoms with Crippen LogP contribution in [-0.2, 0) is 30.3 Å². The van der Waals surface area contributed by atoms with E-state index in [4.69, 9.17) is 4.74 Å². The molecule has 1 aliphatic heterocycles. The SMILES string of the molecule is C/C1=C\[C@H](C)C[C@H](C)OC(=O)[C@H](C(C)C)NC(=O)[C@H](Cc2ccc(O)c(I)c2)N(C)C(=O)CNC(=O)[C@@H](C)C1. The molecule has 1 aromatic carbocycles. The molecular weight excluding hydrogens is 613 g/mol. The summed E-state index contributed by atoms with van der Waals surface area (Å²) in [4.78, 5) is 53.9. The fraction of sp³-hybridized carbons (Fsp3) is 0.586. The van der Waals surface area contributed by atoms with Crippen molar-refractivity contribution < 1.29 is 29.0 Å². The Morgan fingerprint density at radius 2 is 1.79 bits per heavy atom. The van der Waals surface area contributed by atoms with Crippen LogP contribution >= 0.6 is 22.6 Å². The molecule has 10 heteroatoms. The van der Waals surface area contributed by atoms with E-state index in [1.807, 2.05) is 64.1 Å². The molecule has 0 radical (unpaired) electrons. The second-order valence-electron chi connectivity index (χ2n) is 11.0. The topological polar surface area (TPSA) is 125 Å². The van der Waals surface area contributed by atoms with Crippen molar-refractivity contribution in [2.24, 2.45) is 17.8 Å². The molecule has 0 fully saturated rings. The molecule has 0 aliphatic carbocycles.